The number of fused-ring (bicyclic) bond motifs is 1. The maximum atomic E-state index is 6.45. The number of nitrogens with zero attached hydrogens (tertiary/aromatic N) is 6. The van der Waals surface area contributed by atoms with Gasteiger partial charge >= 0.3 is 0 Å². The maximum Gasteiger partial charge on any atom is 0.181 e. The maximum absolute atomic E-state index is 6.45. The minimum Gasteiger partial charge on any atom is -0.370 e. The van der Waals surface area contributed by atoms with Crippen LogP contribution in [-0.4, -0.2) is 77.1 Å². The van der Waals surface area contributed by atoms with Crippen molar-refractivity contribution in [3.05, 3.63) is 77.6 Å². The summed E-state index contributed by atoms with van der Waals surface area (Å²) in [5, 5.41) is 14.1. The first kappa shape index (κ1) is 27.0. The molecule has 0 bridgehead atoms. The van der Waals surface area contributed by atoms with Crippen LogP contribution < -0.4 is 10.2 Å². The molecule has 0 saturated carbocycles. The lowest BCUT2D eigenvalue weighted by molar-refractivity contribution is 0.120. The van der Waals surface area contributed by atoms with E-state index in [4.69, 9.17) is 16.1 Å². The van der Waals surface area contributed by atoms with E-state index in [2.05, 4.69) is 79.8 Å². The van der Waals surface area contributed by atoms with Crippen molar-refractivity contribution < 1.29 is 4.52 Å². The molecule has 2 aliphatic heterocycles. The van der Waals surface area contributed by atoms with E-state index < -0.39 is 0 Å². The molecule has 2 aromatic heterocycles. The van der Waals surface area contributed by atoms with E-state index in [1.807, 2.05) is 43.0 Å². The molecule has 1 N–H and O–H groups in total. The number of aryl methyl sites for hydroxylation is 2. The second-order valence-corrected chi connectivity index (χ2v) is 12.1. The van der Waals surface area contributed by atoms with Crippen molar-refractivity contribution in [2.24, 2.45) is 7.05 Å². The van der Waals surface area contributed by atoms with Gasteiger partial charge in [0, 0.05) is 80.5 Å². The molecule has 4 heterocycles. The van der Waals surface area contributed by atoms with Crippen LogP contribution in [0.2, 0.25) is 5.02 Å². The van der Waals surface area contributed by atoms with E-state index in [0.29, 0.717) is 16.9 Å². The first-order valence-corrected chi connectivity index (χ1v) is 15.0. The van der Waals surface area contributed by atoms with Crippen molar-refractivity contribution in [1.29, 1.82) is 0 Å². The second kappa shape index (κ2) is 11.1. The van der Waals surface area contributed by atoms with Crippen LogP contribution in [0, 0.1) is 6.92 Å². The van der Waals surface area contributed by atoms with Crippen molar-refractivity contribution in [1.82, 2.24) is 24.7 Å². The Hall–Kier alpha value is -3.85. The number of rotatable bonds is 6. The summed E-state index contributed by atoms with van der Waals surface area (Å²) in [6.07, 6.45) is 3.26. The van der Waals surface area contributed by atoms with Crippen LogP contribution in [0.3, 0.4) is 0 Å². The fourth-order valence-corrected chi connectivity index (χ4v) is 6.60. The van der Waals surface area contributed by atoms with Gasteiger partial charge in [0.1, 0.15) is 0 Å². The second-order valence-electron chi connectivity index (χ2n) is 11.6. The van der Waals surface area contributed by atoms with Crippen LogP contribution in [0.15, 0.2) is 71.4 Å². The zero-order chi connectivity index (χ0) is 28.8. The molecule has 216 valence electrons. The molecule has 9 heteroatoms. The Bertz CT molecular complexity index is 1740. The minimum absolute atomic E-state index is 0.631. The number of hydrogen-bond donors (Lipinski definition) is 1. The Kier molecular flexibility index (Phi) is 7.14. The van der Waals surface area contributed by atoms with E-state index in [0.717, 1.165) is 70.8 Å². The fraction of sp³-hybridized carbons (Fsp3) is 0.333. The number of halogens is 1. The smallest absolute Gasteiger partial charge is 0.181 e. The van der Waals surface area contributed by atoms with Gasteiger partial charge in [0.25, 0.3) is 0 Å². The lowest BCUT2D eigenvalue weighted by Gasteiger charge is -2.36. The van der Waals surface area contributed by atoms with Crippen LogP contribution in [0.5, 0.6) is 0 Å². The van der Waals surface area contributed by atoms with E-state index in [-0.39, 0.29) is 0 Å². The molecular formula is C33H36ClN7O. The molecule has 2 fully saturated rings. The molecule has 0 spiro atoms. The number of hydrogen-bond acceptors (Lipinski definition) is 7. The number of piperazine rings is 1. The summed E-state index contributed by atoms with van der Waals surface area (Å²) >= 11 is 6.45. The van der Waals surface area contributed by atoms with Gasteiger partial charge in [-0.1, -0.05) is 35.0 Å². The molecule has 8 nitrogen and oxygen atoms in total. The van der Waals surface area contributed by atoms with Gasteiger partial charge in [-0.15, -0.1) is 0 Å². The molecular weight excluding hydrogens is 546 g/mol. The highest BCUT2D eigenvalue weighted by Gasteiger charge is 2.29. The summed E-state index contributed by atoms with van der Waals surface area (Å²) in [5.41, 5.74) is 8.13. The third kappa shape index (κ3) is 5.26. The first-order valence-electron chi connectivity index (χ1n) is 14.7. The Morgan fingerprint density at radius 3 is 2.57 bits per heavy atom. The van der Waals surface area contributed by atoms with E-state index in [1.54, 1.807) is 0 Å². The third-order valence-electron chi connectivity index (χ3n) is 8.76. The van der Waals surface area contributed by atoms with Crippen molar-refractivity contribution in [2.45, 2.75) is 19.4 Å². The average Bonchev–Trinajstić information content (AvgIpc) is 3.72. The predicted molar refractivity (Wildman–Crippen MR) is 171 cm³/mol. The zero-order valence-corrected chi connectivity index (χ0v) is 25.1. The summed E-state index contributed by atoms with van der Waals surface area (Å²) in [6.45, 7) is 8.84. The summed E-state index contributed by atoms with van der Waals surface area (Å²) < 4.78 is 7.66. The van der Waals surface area contributed by atoms with Gasteiger partial charge in [0.2, 0.25) is 0 Å². The summed E-state index contributed by atoms with van der Waals surface area (Å²) in [6, 6.07) is 21.4. The Morgan fingerprint density at radius 1 is 0.905 bits per heavy atom. The minimum atomic E-state index is 0.631. The predicted octanol–water partition coefficient (Wildman–Crippen LogP) is 6.43. The lowest BCUT2D eigenvalue weighted by atomic mass is 9.94. The molecule has 42 heavy (non-hydrogen) atoms. The Labute approximate surface area is 251 Å². The van der Waals surface area contributed by atoms with Gasteiger partial charge in [0.15, 0.2) is 11.4 Å². The number of anilines is 3. The molecule has 2 aliphatic rings. The molecule has 0 aliphatic carbocycles. The highest BCUT2D eigenvalue weighted by molar-refractivity contribution is 6.31. The molecule has 0 radical (unpaired) electrons. The number of nitrogens with one attached hydrogen (secondary N) is 1. The third-order valence-corrected chi connectivity index (χ3v) is 9.00. The molecule has 0 amide bonds. The molecule has 7 rings (SSSR count). The van der Waals surface area contributed by atoms with Gasteiger partial charge in [-0.25, -0.2) is 0 Å². The topological polar surface area (TPSA) is 65.6 Å². The Balaban J connectivity index is 1.11. The van der Waals surface area contributed by atoms with Crippen LogP contribution in [-0.2, 0) is 7.05 Å². The van der Waals surface area contributed by atoms with E-state index in [9.17, 15) is 0 Å². The average molecular weight is 582 g/mol. The first-order chi connectivity index (χ1) is 20.4. The van der Waals surface area contributed by atoms with Gasteiger partial charge in [0.05, 0.1) is 11.1 Å². The number of likely N-dealkylation sites (N-methyl/N-ethyl adjacent to an activating group) is 1. The quantitative estimate of drug-likeness (QED) is 0.248. The molecule has 0 unspecified atom stereocenters. The lowest BCUT2D eigenvalue weighted by Crippen LogP contribution is -2.49. The van der Waals surface area contributed by atoms with Crippen molar-refractivity contribution in [2.75, 3.05) is 56.5 Å². The Morgan fingerprint density at radius 2 is 1.76 bits per heavy atom. The molecule has 3 aromatic carbocycles. The van der Waals surface area contributed by atoms with Gasteiger partial charge < -0.3 is 19.6 Å². The van der Waals surface area contributed by atoms with E-state index in [1.165, 1.54) is 25.2 Å². The van der Waals surface area contributed by atoms with Crippen LogP contribution in [0.25, 0.3) is 33.2 Å². The summed E-state index contributed by atoms with van der Waals surface area (Å²) in [4.78, 5) is 7.60. The van der Waals surface area contributed by atoms with Crippen LogP contribution in [0.4, 0.5) is 17.2 Å². The van der Waals surface area contributed by atoms with Crippen LogP contribution >= 0.6 is 11.6 Å². The number of aromatic nitrogens is 3. The normalized spacial score (nSPS) is 18.3. The van der Waals surface area contributed by atoms with Crippen LogP contribution in [0.1, 0.15) is 12.1 Å². The largest absolute Gasteiger partial charge is 0.370 e. The van der Waals surface area contributed by atoms with Gasteiger partial charge in [-0.2, -0.15) is 5.10 Å². The molecule has 2 saturated heterocycles. The van der Waals surface area contributed by atoms with Gasteiger partial charge in [-0.05, 0) is 79.5 Å². The van der Waals surface area contributed by atoms with Crippen molar-refractivity contribution in [3.8, 4) is 22.3 Å². The SMILES string of the molecule is Cc1nn(C)cc1-c1ccc(Cl)cc1-c1ccc2c(Nc3cccc(N4CC[C@@H](N5CCN(C)CC5)C4)c3)noc2c1. The molecule has 5 aromatic rings. The van der Waals surface area contributed by atoms with E-state index >= 15 is 0 Å². The van der Waals surface area contributed by atoms with Crippen molar-refractivity contribution >= 4 is 39.8 Å². The monoisotopic (exact) mass is 581 g/mol. The van der Waals surface area contributed by atoms with Gasteiger partial charge in [-0.3, -0.25) is 9.58 Å². The zero-order valence-electron chi connectivity index (χ0n) is 24.3. The number of benzene rings is 3. The fourth-order valence-electron chi connectivity index (χ4n) is 6.43. The standard InChI is InChI=1S/C33H36ClN7O/c1-22-31(21-39(3)36-22)28-10-8-24(34)18-30(28)23-7-9-29-32(17-23)42-37-33(29)35-25-5-4-6-26(19-25)41-12-11-27(20-41)40-15-13-38(2)14-16-40/h4-10,17-19,21,27H,11-16,20H2,1-3H3,(H,35,37)/t27-/m1/s1. The highest BCUT2D eigenvalue weighted by atomic mass is 35.5. The molecule has 1 atom stereocenters. The highest BCUT2D eigenvalue weighted by Crippen LogP contribution is 2.38. The summed E-state index contributed by atoms with van der Waals surface area (Å²) in [7, 11) is 4.15. The summed E-state index contributed by atoms with van der Waals surface area (Å²) in [5.74, 6) is 0.708. The van der Waals surface area contributed by atoms with Crippen molar-refractivity contribution in [3.63, 3.8) is 0 Å².